The van der Waals surface area contributed by atoms with Gasteiger partial charge in [-0.2, -0.15) is 0 Å². The monoisotopic (exact) mass is 202 g/mol. The normalized spacial score (nSPS) is 14.2. The summed E-state index contributed by atoms with van der Waals surface area (Å²) in [5.41, 5.74) is 0. The maximum absolute atomic E-state index is 5.88. The third-order valence-corrected chi connectivity index (χ3v) is 6.92. The molecule has 0 aromatic rings. The van der Waals surface area contributed by atoms with Crippen LogP contribution < -0.4 is 0 Å². The largest absolute Gasteiger partial charge is 0.519 e. The Balaban J connectivity index is 4.51. The van der Waals surface area contributed by atoms with Crippen LogP contribution in [-0.4, -0.2) is 15.4 Å². The van der Waals surface area contributed by atoms with E-state index in [0.29, 0.717) is 5.95 Å². The first-order valence-electron chi connectivity index (χ1n) is 4.64. The van der Waals surface area contributed by atoms with Gasteiger partial charge in [-0.25, -0.2) is 0 Å². The van der Waals surface area contributed by atoms with E-state index in [-0.39, 0.29) is 5.04 Å². The van der Waals surface area contributed by atoms with Gasteiger partial charge in [-0.1, -0.05) is 20.8 Å². The average molecular weight is 202 g/mol. The molecule has 0 fully saturated rings. The molecule has 0 unspecified atom stereocenters. The fraction of sp³-hybridized carbons (Fsp3) is 0.800. The van der Waals surface area contributed by atoms with Gasteiger partial charge in [-0.05, 0) is 31.1 Å². The van der Waals surface area contributed by atoms with Crippen molar-refractivity contribution in [3.63, 3.8) is 0 Å². The van der Waals surface area contributed by atoms with E-state index in [4.69, 9.17) is 9.16 Å². The molecule has 0 aliphatic heterocycles. The zero-order valence-corrected chi connectivity index (χ0v) is 10.9. The predicted molar refractivity (Wildman–Crippen MR) is 59.0 cm³/mol. The van der Waals surface area contributed by atoms with Crippen LogP contribution in [0.5, 0.6) is 0 Å². The van der Waals surface area contributed by atoms with Crippen LogP contribution in [0.1, 0.15) is 27.7 Å². The van der Waals surface area contributed by atoms with Crippen LogP contribution >= 0.6 is 0 Å². The van der Waals surface area contributed by atoms with Crippen molar-refractivity contribution in [1.29, 1.82) is 0 Å². The van der Waals surface area contributed by atoms with Gasteiger partial charge >= 0.3 is 0 Å². The highest BCUT2D eigenvalue weighted by Gasteiger charge is 2.39. The van der Waals surface area contributed by atoms with Crippen molar-refractivity contribution < 1.29 is 9.16 Å². The highest BCUT2D eigenvalue weighted by atomic mass is 28.4. The van der Waals surface area contributed by atoms with E-state index in [9.17, 15) is 0 Å². The number of rotatable bonds is 3. The third-order valence-electron chi connectivity index (χ3n) is 2.60. The highest BCUT2D eigenvalue weighted by Crippen LogP contribution is 2.37. The van der Waals surface area contributed by atoms with Crippen LogP contribution in [0.4, 0.5) is 0 Å². The topological polar surface area (TPSA) is 18.5 Å². The highest BCUT2D eigenvalue weighted by molar-refractivity contribution is 6.74. The van der Waals surface area contributed by atoms with Crippen molar-refractivity contribution in [2.45, 2.75) is 45.8 Å². The second-order valence-corrected chi connectivity index (χ2v) is 9.40. The second kappa shape index (κ2) is 4.18. The summed E-state index contributed by atoms with van der Waals surface area (Å²) >= 11 is 0. The molecule has 0 aromatic carbocycles. The Morgan fingerprint density at radius 1 is 1.23 bits per heavy atom. The maximum atomic E-state index is 5.88. The quantitative estimate of drug-likeness (QED) is 0.515. The molecule has 0 aliphatic rings. The summed E-state index contributed by atoms with van der Waals surface area (Å²) in [5.74, 6) is 0.645. The Labute approximate surface area is 83.1 Å². The maximum Gasteiger partial charge on any atom is 0.260 e. The zero-order chi connectivity index (χ0) is 10.7. The van der Waals surface area contributed by atoms with Gasteiger partial charge < -0.3 is 9.16 Å². The number of methoxy groups -OCH3 is 1. The molecule has 0 rings (SSSR count). The van der Waals surface area contributed by atoms with Gasteiger partial charge in [0.1, 0.15) is 0 Å². The number of hydrogen-bond donors (Lipinski definition) is 0. The summed E-state index contributed by atoms with van der Waals surface area (Å²) in [5, 5.41) is 0.222. The lowest BCUT2D eigenvalue weighted by atomic mass is 10.2. The first-order valence-corrected chi connectivity index (χ1v) is 7.54. The molecular formula is C10H22O2Si. The van der Waals surface area contributed by atoms with Crippen molar-refractivity contribution in [2.24, 2.45) is 0 Å². The van der Waals surface area contributed by atoms with E-state index < -0.39 is 8.32 Å². The Hall–Kier alpha value is -0.443. The van der Waals surface area contributed by atoms with Gasteiger partial charge in [-0.15, -0.1) is 0 Å². The minimum Gasteiger partial charge on any atom is -0.519 e. The average Bonchev–Trinajstić information content (AvgIpc) is 1.98. The molecule has 2 nitrogen and oxygen atoms in total. The molecule has 78 valence electrons. The van der Waals surface area contributed by atoms with E-state index in [1.165, 1.54) is 0 Å². The van der Waals surface area contributed by atoms with E-state index >= 15 is 0 Å². The van der Waals surface area contributed by atoms with Crippen molar-refractivity contribution >= 4 is 8.32 Å². The first-order chi connectivity index (χ1) is 5.74. The summed E-state index contributed by atoms with van der Waals surface area (Å²) in [6.07, 6.45) is 1.86. The fourth-order valence-corrected chi connectivity index (χ4v) is 1.63. The van der Waals surface area contributed by atoms with Gasteiger partial charge in [0.25, 0.3) is 14.3 Å². The second-order valence-electron chi connectivity index (χ2n) is 4.67. The molecule has 0 aliphatic carbocycles. The zero-order valence-electron chi connectivity index (χ0n) is 9.89. The van der Waals surface area contributed by atoms with Crippen molar-refractivity contribution in [1.82, 2.24) is 0 Å². The lowest BCUT2D eigenvalue weighted by Gasteiger charge is -2.36. The number of hydrogen-bond acceptors (Lipinski definition) is 2. The predicted octanol–water partition coefficient (Wildman–Crippen LogP) is 3.52. The minimum absolute atomic E-state index is 0.222. The standard InChI is InChI=1S/C10H22O2Si/c1-8-9(11-5)12-13(6,7)10(2,3)4/h8H,1-7H3. The summed E-state index contributed by atoms with van der Waals surface area (Å²) in [6.45, 7) is 13.0. The molecule has 0 bridgehead atoms. The molecule has 0 amide bonds. The Morgan fingerprint density at radius 2 is 1.69 bits per heavy atom. The summed E-state index contributed by atoms with van der Waals surface area (Å²) < 4.78 is 11.0. The molecule has 3 heteroatoms. The smallest absolute Gasteiger partial charge is 0.260 e. The molecule has 0 saturated carbocycles. The Morgan fingerprint density at radius 3 is 1.92 bits per heavy atom. The Kier molecular flexibility index (Phi) is 4.04. The van der Waals surface area contributed by atoms with Gasteiger partial charge in [-0.3, -0.25) is 0 Å². The van der Waals surface area contributed by atoms with Crippen molar-refractivity contribution in [2.75, 3.05) is 7.11 Å². The minimum atomic E-state index is -1.70. The van der Waals surface area contributed by atoms with Crippen LogP contribution in [0.25, 0.3) is 0 Å². The van der Waals surface area contributed by atoms with Crippen LogP contribution in [0.15, 0.2) is 12.0 Å². The first kappa shape index (κ1) is 12.6. The van der Waals surface area contributed by atoms with Crippen molar-refractivity contribution in [3.05, 3.63) is 12.0 Å². The van der Waals surface area contributed by atoms with Gasteiger partial charge in [0.05, 0.1) is 7.11 Å². The number of ether oxygens (including phenoxy) is 1. The lowest BCUT2D eigenvalue weighted by molar-refractivity contribution is 0.140. The molecule has 0 atom stereocenters. The molecule has 0 N–H and O–H groups in total. The molecule has 0 aromatic heterocycles. The van der Waals surface area contributed by atoms with Crippen LogP contribution in [0.2, 0.25) is 18.1 Å². The van der Waals surface area contributed by atoms with Gasteiger partial charge in [0, 0.05) is 0 Å². The van der Waals surface area contributed by atoms with E-state index in [2.05, 4.69) is 33.9 Å². The molecule has 0 saturated heterocycles. The van der Waals surface area contributed by atoms with E-state index in [1.807, 2.05) is 13.0 Å². The van der Waals surface area contributed by atoms with Gasteiger partial charge in [0.2, 0.25) is 0 Å². The third kappa shape index (κ3) is 3.42. The van der Waals surface area contributed by atoms with Crippen LogP contribution in [-0.2, 0) is 9.16 Å². The molecule has 0 radical (unpaired) electrons. The molecule has 0 heterocycles. The fourth-order valence-electron chi connectivity index (χ4n) is 0.623. The van der Waals surface area contributed by atoms with Crippen LogP contribution in [0, 0.1) is 0 Å². The number of allylic oxidation sites excluding steroid dienone is 1. The summed E-state index contributed by atoms with van der Waals surface area (Å²) in [7, 11) is -0.0619. The van der Waals surface area contributed by atoms with Crippen LogP contribution in [0.3, 0.4) is 0 Å². The lowest BCUT2D eigenvalue weighted by Crippen LogP contribution is -2.40. The molecule has 13 heavy (non-hydrogen) atoms. The SMILES string of the molecule is CC=C(OC)O[Si](C)(C)C(C)(C)C. The van der Waals surface area contributed by atoms with E-state index in [0.717, 1.165) is 0 Å². The summed E-state index contributed by atoms with van der Waals surface area (Å²) in [4.78, 5) is 0. The van der Waals surface area contributed by atoms with Crippen molar-refractivity contribution in [3.8, 4) is 0 Å². The summed E-state index contributed by atoms with van der Waals surface area (Å²) in [6, 6.07) is 0. The Bertz CT molecular complexity index is 190. The molecular weight excluding hydrogens is 180 g/mol. The van der Waals surface area contributed by atoms with Gasteiger partial charge in [0.15, 0.2) is 0 Å². The molecule has 0 spiro atoms. The van der Waals surface area contributed by atoms with E-state index in [1.54, 1.807) is 7.11 Å².